The minimum absolute atomic E-state index is 0.163. The Balaban J connectivity index is 2.16. The first-order valence-electron chi connectivity index (χ1n) is 6.70. The second kappa shape index (κ2) is 7.12. The van der Waals surface area contributed by atoms with Gasteiger partial charge in [0.1, 0.15) is 0 Å². The molecule has 0 amide bonds. The molecule has 0 aliphatic heterocycles. The van der Waals surface area contributed by atoms with Crippen molar-refractivity contribution in [3.8, 4) is 11.4 Å². The number of ether oxygens (including phenoxy) is 1. The second-order valence-corrected chi connectivity index (χ2v) is 4.54. The summed E-state index contributed by atoms with van der Waals surface area (Å²) in [5.41, 5.74) is 2.09. The molecule has 108 valence electrons. The fourth-order valence-electron chi connectivity index (χ4n) is 2.03. The molecule has 6 heteroatoms. The Bertz CT molecular complexity index is 541. The van der Waals surface area contributed by atoms with Crippen LogP contribution in [0.3, 0.4) is 0 Å². The molecule has 20 heavy (non-hydrogen) atoms. The van der Waals surface area contributed by atoms with E-state index in [2.05, 4.69) is 27.4 Å². The number of likely N-dealkylation sites (N-methyl/N-ethyl adjacent to an activating group) is 1. The summed E-state index contributed by atoms with van der Waals surface area (Å²) in [6, 6.07) is 2.08. The van der Waals surface area contributed by atoms with Gasteiger partial charge in [-0.15, -0.1) is 0 Å². The van der Waals surface area contributed by atoms with Crippen LogP contribution >= 0.6 is 0 Å². The van der Waals surface area contributed by atoms with Crippen LogP contribution in [0, 0.1) is 0 Å². The highest BCUT2D eigenvalue weighted by atomic mass is 16.5. The predicted octanol–water partition coefficient (Wildman–Crippen LogP) is 1.47. The first kappa shape index (κ1) is 14.6. The Labute approximate surface area is 118 Å². The lowest BCUT2D eigenvalue weighted by Crippen LogP contribution is -2.32. The van der Waals surface area contributed by atoms with Crippen LogP contribution in [-0.4, -0.2) is 41.9 Å². The van der Waals surface area contributed by atoms with Gasteiger partial charge >= 0.3 is 0 Å². The molecule has 0 saturated carbocycles. The summed E-state index contributed by atoms with van der Waals surface area (Å²) in [5, 5.41) is 7.22. The zero-order valence-electron chi connectivity index (χ0n) is 12.1. The van der Waals surface area contributed by atoms with Gasteiger partial charge in [0.2, 0.25) is 11.7 Å². The molecule has 6 nitrogen and oxygen atoms in total. The van der Waals surface area contributed by atoms with Crippen molar-refractivity contribution in [2.75, 3.05) is 20.8 Å². The monoisotopic (exact) mass is 276 g/mol. The highest BCUT2D eigenvalue weighted by Crippen LogP contribution is 2.20. The van der Waals surface area contributed by atoms with Gasteiger partial charge in [0, 0.05) is 37.5 Å². The number of rotatable bonds is 7. The Hall–Kier alpha value is -1.79. The summed E-state index contributed by atoms with van der Waals surface area (Å²) in [5.74, 6) is 1.22. The van der Waals surface area contributed by atoms with Gasteiger partial charge in [0.05, 0.1) is 6.61 Å². The summed E-state index contributed by atoms with van der Waals surface area (Å²) in [6.07, 6.45) is 5.11. The van der Waals surface area contributed by atoms with Gasteiger partial charge in [0.15, 0.2) is 0 Å². The van der Waals surface area contributed by atoms with E-state index in [1.54, 1.807) is 13.3 Å². The van der Waals surface area contributed by atoms with Crippen LogP contribution in [0.15, 0.2) is 23.0 Å². The fourth-order valence-corrected chi connectivity index (χ4v) is 2.03. The third kappa shape index (κ3) is 3.40. The van der Waals surface area contributed by atoms with Gasteiger partial charge in [-0.2, -0.15) is 4.98 Å². The molecule has 1 atom stereocenters. The highest BCUT2D eigenvalue weighted by molar-refractivity contribution is 5.58. The van der Waals surface area contributed by atoms with E-state index in [0.29, 0.717) is 24.7 Å². The lowest BCUT2D eigenvalue weighted by molar-refractivity contribution is 0.165. The van der Waals surface area contributed by atoms with Crippen LogP contribution in [0.25, 0.3) is 11.4 Å². The van der Waals surface area contributed by atoms with Crippen molar-refractivity contribution in [1.82, 2.24) is 20.4 Å². The molecule has 0 aromatic carbocycles. The van der Waals surface area contributed by atoms with Crippen molar-refractivity contribution in [2.45, 2.75) is 25.8 Å². The molecule has 2 aromatic heterocycles. The first-order valence-corrected chi connectivity index (χ1v) is 6.70. The van der Waals surface area contributed by atoms with Crippen LogP contribution in [0.4, 0.5) is 0 Å². The van der Waals surface area contributed by atoms with Crippen LogP contribution in [0.1, 0.15) is 18.4 Å². The molecule has 0 fully saturated rings. The molecule has 2 heterocycles. The van der Waals surface area contributed by atoms with E-state index < -0.39 is 0 Å². The van der Waals surface area contributed by atoms with Gasteiger partial charge < -0.3 is 14.6 Å². The molecule has 0 bridgehead atoms. The maximum atomic E-state index is 5.32. The number of nitrogens with zero attached hydrogens (tertiary/aromatic N) is 3. The largest absolute Gasteiger partial charge is 0.383 e. The van der Waals surface area contributed by atoms with Crippen LogP contribution in [0.5, 0.6) is 0 Å². The molecular formula is C14H20N4O2. The maximum absolute atomic E-state index is 5.32. The quantitative estimate of drug-likeness (QED) is 0.825. The molecule has 2 rings (SSSR count). The molecule has 2 aromatic rings. The lowest BCUT2D eigenvalue weighted by Gasteiger charge is -2.11. The van der Waals surface area contributed by atoms with Crippen molar-refractivity contribution >= 4 is 0 Å². The molecule has 0 radical (unpaired) electrons. The summed E-state index contributed by atoms with van der Waals surface area (Å²) in [7, 11) is 3.56. The zero-order valence-corrected chi connectivity index (χ0v) is 12.1. The summed E-state index contributed by atoms with van der Waals surface area (Å²) < 4.78 is 10.5. The Kier molecular flexibility index (Phi) is 5.20. The third-order valence-electron chi connectivity index (χ3n) is 3.19. The van der Waals surface area contributed by atoms with Gasteiger partial charge in [-0.1, -0.05) is 12.1 Å². The molecule has 0 aliphatic rings. The fraction of sp³-hybridized carbons (Fsp3) is 0.500. The smallest absolute Gasteiger partial charge is 0.228 e. The molecular weight excluding hydrogens is 256 g/mol. The maximum Gasteiger partial charge on any atom is 0.228 e. The van der Waals surface area contributed by atoms with E-state index in [1.807, 2.05) is 19.3 Å². The number of pyridine rings is 1. The summed E-state index contributed by atoms with van der Waals surface area (Å²) >= 11 is 0. The van der Waals surface area contributed by atoms with Crippen LogP contribution < -0.4 is 5.32 Å². The lowest BCUT2D eigenvalue weighted by atomic mass is 10.1. The van der Waals surface area contributed by atoms with Crippen molar-refractivity contribution < 1.29 is 9.26 Å². The highest BCUT2D eigenvalue weighted by Gasteiger charge is 2.15. The molecule has 1 N–H and O–H groups in total. The average Bonchev–Trinajstić information content (AvgIpc) is 2.95. The van der Waals surface area contributed by atoms with Crippen LogP contribution in [-0.2, 0) is 17.6 Å². The van der Waals surface area contributed by atoms with Crippen molar-refractivity contribution in [2.24, 2.45) is 0 Å². The summed E-state index contributed by atoms with van der Waals surface area (Å²) in [6.45, 7) is 2.68. The van der Waals surface area contributed by atoms with Gasteiger partial charge in [-0.05, 0) is 25.1 Å². The normalized spacial score (nSPS) is 12.6. The Morgan fingerprint density at radius 3 is 3.00 bits per heavy atom. The van der Waals surface area contributed by atoms with E-state index in [-0.39, 0.29) is 6.04 Å². The van der Waals surface area contributed by atoms with E-state index >= 15 is 0 Å². The molecule has 0 spiro atoms. The van der Waals surface area contributed by atoms with Gasteiger partial charge in [-0.25, -0.2) is 0 Å². The predicted molar refractivity (Wildman–Crippen MR) is 75.3 cm³/mol. The number of nitrogens with one attached hydrogen (secondary N) is 1. The SMILES string of the molecule is CCc1cnccc1-c1noc(CC(COC)NC)n1. The zero-order chi connectivity index (χ0) is 14.4. The van der Waals surface area contributed by atoms with E-state index in [0.717, 1.165) is 17.5 Å². The van der Waals surface area contributed by atoms with Crippen molar-refractivity contribution in [3.63, 3.8) is 0 Å². The Morgan fingerprint density at radius 2 is 2.30 bits per heavy atom. The van der Waals surface area contributed by atoms with E-state index in [9.17, 15) is 0 Å². The van der Waals surface area contributed by atoms with Crippen molar-refractivity contribution in [1.29, 1.82) is 0 Å². The first-order chi connectivity index (χ1) is 9.78. The minimum atomic E-state index is 0.163. The van der Waals surface area contributed by atoms with Crippen molar-refractivity contribution in [3.05, 3.63) is 29.9 Å². The van der Waals surface area contributed by atoms with Gasteiger partial charge in [-0.3, -0.25) is 4.98 Å². The van der Waals surface area contributed by atoms with E-state index in [4.69, 9.17) is 9.26 Å². The summed E-state index contributed by atoms with van der Waals surface area (Å²) in [4.78, 5) is 8.58. The molecule has 1 unspecified atom stereocenters. The number of hydrogen-bond acceptors (Lipinski definition) is 6. The average molecular weight is 276 g/mol. The number of hydrogen-bond donors (Lipinski definition) is 1. The topological polar surface area (TPSA) is 73.1 Å². The Morgan fingerprint density at radius 1 is 1.45 bits per heavy atom. The van der Waals surface area contributed by atoms with Crippen LogP contribution in [0.2, 0.25) is 0 Å². The number of methoxy groups -OCH3 is 1. The third-order valence-corrected chi connectivity index (χ3v) is 3.19. The number of aryl methyl sites for hydroxylation is 1. The standard InChI is InChI=1S/C14H20N4O2/c1-4-10-8-16-6-5-12(10)14-17-13(20-18-14)7-11(15-2)9-19-3/h5-6,8,11,15H,4,7,9H2,1-3H3. The van der Waals surface area contributed by atoms with E-state index in [1.165, 1.54) is 0 Å². The second-order valence-electron chi connectivity index (χ2n) is 4.54. The number of aromatic nitrogens is 3. The minimum Gasteiger partial charge on any atom is -0.383 e. The van der Waals surface area contributed by atoms with Gasteiger partial charge in [0.25, 0.3) is 0 Å². The molecule has 0 aliphatic carbocycles. The molecule has 0 saturated heterocycles.